The Bertz CT molecular complexity index is 587. The van der Waals surface area contributed by atoms with Crippen LogP contribution in [0.4, 0.5) is 13.2 Å². The molecule has 0 N–H and O–H groups in total. The molecular formula is C12H9F3N2O. The molecule has 1 aromatic carbocycles. The van der Waals surface area contributed by atoms with Gasteiger partial charge in [0.25, 0.3) is 0 Å². The Hall–Kier alpha value is -2.11. The first-order chi connectivity index (χ1) is 8.39. The standard InChI is InChI=1S/C12H9F3N2O/c1-17-6-10(16-7-17)11(18)8-4-2-3-5-9(8)12(13,14)15/h2-7H,1H3. The molecule has 0 atom stereocenters. The van der Waals surface area contributed by atoms with Crippen molar-refractivity contribution >= 4 is 5.78 Å². The first-order valence-corrected chi connectivity index (χ1v) is 5.08. The molecule has 0 radical (unpaired) electrons. The van der Waals surface area contributed by atoms with E-state index in [-0.39, 0.29) is 11.3 Å². The predicted octanol–water partition coefficient (Wildman–Crippen LogP) is 2.67. The molecule has 2 aromatic rings. The van der Waals surface area contributed by atoms with Crippen LogP contribution in [0.5, 0.6) is 0 Å². The molecule has 94 valence electrons. The van der Waals surface area contributed by atoms with Gasteiger partial charge in [-0.05, 0) is 6.07 Å². The van der Waals surface area contributed by atoms with E-state index in [0.29, 0.717) is 0 Å². The molecule has 0 aliphatic carbocycles. The lowest BCUT2D eigenvalue weighted by Crippen LogP contribution is -2.13. The molecule has 0 saturated heterocycles. The van der Waals surface area contributed by atoms with Gasteiger partial charge in [-0.15, -0.1) is 0 Å². The number of benzene rings is 1. The van der Waals surface area contributed by atoms with Crippen LogP contribution in [0.15, 0.2) is 36.8 Å². The number of carbonyl (C=O) groups excluding carboxylic acids is 1. The van der Waals surface area contributed by atoms with Crippen LogP contribution >= 0.6 is 0 Å². The van der Waals surface area contributed by atoms with Gasteiger partial charge in [-0.25, -0.2) is 4.98 Å². The molecule has 1 heterocycles. The number of nitrogens with zero attached hydrogens (tertiary/aromatic N) is 2. The first kappa shape index (κ1) is 12.3. The van der Waals surface area contributed by atoms with Gasteiger partial charge in [0.15, 0.2) is 0 Å². The lowest BCUT2D eigenvalue weighted by Gasteiger charge is -2.10. The molecule has 0 aliphatic rings. The van der Waals surface area contributed by atoms with Crippen molar-refractivity contribution in [2.24, 2.45) is 7.05 Å². The lowest BCUT2D eigenvalue weighted by atomic mass is 10.0. The van der Waals surface area contributed by atoms with Crippen LogP contribution in [0.2, 0.25) is 0 Å². The van der Waals surface area contributed by atoms with Crippen LogP contribution in [0.1, 0.15) is 21.6 Å². The Morgan fingerprint density at radius 2 is 1.94 bits per heavy atom. The molecule has 6 heteroatoms. The summed E-state index contributed by atoms with van der Waals surface area (Å²) in [5.41, 5.74) is -1.33. The summed E-state index contributed by atoms with van der Waals surface area (Å²) < 4.78 is 39.8. The van der Waals surface area contributed by atoms with Crippen molar-refractivity contribution in [2.45, 2.75) is 6.18 Å². The van der Waals surface area contributed by atoms with Gasteiger partial charge in [-0.2, -0.15) is 13.2 Å². The van der Waals surface area contributed by atoms with E-state index in [2.05, 4.69) is 4.98 Å². The maximum Gasteiger partial charge on any atom is 0.417 e. The second kappa shape index (κ2) is 4.29. The number of hydrogen-bond acceptors (Lipinski definition) is 2. The molecule has 0 aliphatic heterocycles. The van der Waals surface area contributed by atoms with Gasteiger partial charge in [0.1, 0.15) is 5.69 Å². The van der Waals surface area contributed by atoms with E-state index in [9.17, 15) is 18.0 Å². The Balaban J connectivity index is 2.49. The van der Waals surface area contributed by atoms with Crippen molar-refractivity contribution in [2.75, 3.05) is 0 Å². The zero-order valence-electron chi connectivity index (χ0n) is 9.40. The maximum atomic E-state index is 12.8. The Morgan fingerprint density at radius 1 is 1.28 bits per heavy atom. The molecule has 18 heavy (non-hydrogen) atoms. The minimum Gasteiger partial charge on any atom is -0.340 e. The third-order valence-corrected chi connectivity index (χ3v) is 2.41. The van der Waals surface area contributed by atoms with E-state index in [0.717, 1.165) is 12.1 Å². The number of aryl methyl sites for hydroxylation is 1. The smallest absolute Gasteiger partial charge is 0.340 e. The topological polar surface area (TPSA) is 34.9 Å². The maximum absolute atomic E-state index is 12.8. The third kappa shape index (κ3) is 2.27. The summed E-state index contributed by atoms with van der Waals surface area (Å²) in [6, 6.07) is 4.68. The molecule has 0 fully saturated rings. The molecule has 0 unspecified atom stereocenters. The van der Waals surface area contributed by atoms with E-state index < -0.39 is 17.5 Å². The van der Waals surface area contributed by atoms with Gasteiger partial charge >= 0.3 is 6.18 Å². The fraction of sp³-hybridized carbons (Fsp3) is 0.167. The third-order valence-electron chi connectivity index (χ3n) is 2.41. The normalized spacial score (nSPS) is 11.6. The van der Waals surface area contributed by atoms with Crippen molar-refractivity contribution in [3.05, 3.63) is 53.6 Å². The van der Waals surface area contributed by atoms with E-state index >= 15 is 0 Å². The zero-order chi connectivity index (χ0) is 13.3. The monoisotopic (exact) mass is 254 g/mol. The van der Waals surface area contributed by atoms with Crippen LogP contribution in [0.3, 0.4) is 0 Å². The summed E-state index contributed by atoms with van der Waals surface area (Å²) in [4.78, 5) is 15.7. The van der Waals surface area contributed by atoms with Crippen molar-refractivity contribution in [3.63, 3.8) is 0 Å². The van der Waals surface area contributed by atoms with Crippen molar-refractivity contribution in [3.8, 4) is 0 Å². The van der Waals surface area contributed by atoms with Gasteiger partial charge in [-0.3, -0.25) is 4.79 Å². The van der Waals surface area contributed by atoms with Gasteiger partial charge in [0.2, 0.25) is 5.78 Å². The fourth-order valence-corrected chi connectivity index (χ4v) is 1.60. The molecule has 2 rings (SSSR count). The summed E-state index contributed by atoms with van der Waals surface area (Å²) in [6.45, 7) is 0. The first-order valence-electron chi connectivity index (χ1n) is 5.08. The SMILES string of the molecule is Cn1cnc(C(=O)c2ccccc2C(F)(F)F)c1. The highest BCUT2D eigenvalue weighted by Crippen LogP contribution is 2.32. The van der Waals surface area contributed by atoms with Crippen LogP contribution in [-0.4, -0.2) is 15.3 Å². The molecule has 1 aromatic heterocycles. The second-order valence-electron chi connectivity index (χ2n) is 3.80. The number of alkyl halides is 3. The van der Waals surface area contributed by atoms with Gasteiger partial charge in [-0.1, -0.05) is 18.2 Å². The fourth-order valence-electron chi connectivity index (χ4n) is 1.60. The Morgan fingerprint density at radius 3 is 2.50 bits per heavy atom. The number of ketones is 1. The number of rotatable bonds is 2. The van der Waals surface area contributed by atoms with Gasteiger partial charge in [0.05, 0.1) is 11.9 Å². The van der Waals surface area contributed by atoms with E-state index in [4.69, 9.17) is 0 Å². The zero-order valence-corrected chi connectivity index (χ0v) is 9.40. The minimum atomic E-state index is -4.55. The molecule has 0 saturated carbocycles. The highest BCUT2D eigenvalue weighted by Gasteiger charge is 2.35. The molecule has 0 bridgehead atoms. The summed E-state index contributed by atoms with van der Waals surface area (Å²) in [7, 11) is 1.64. The van der Waals surface area contributed by atoms with Crippen molar-refractivity contribution in [1.82, 2.24) is 9.55 Å². The number of hydrogen-bond donors (Lipinski definition) is 0. The minimum absolute atomic E-state index is 0.00537. The van der Waals surface area contributed by atoms with E-state index in [1.807, 2.05) is 0 Å². The summed E-state index contributed by atoms with van der Waals surface area (Å²) in [5.74, 6) is -0.733. The number of halogens is 3. The quantitative estimate of drug-likeness (QED) is 0.772. The number of aromatic nitrogens is 2. The highest BCUT2D eigenvalue weighted by molar-refractivity contribution is 6.08. The van der Waals surface area contributed by atoms with Crippen molar-refractivity contribution < 1.29 is 18.0 Å². The number of carbonyl (C=O) groups is 1. The van der Waals surface area contributed by atoms with Gasteiger partial charge in [0, 0.05) is 18.8 Å². The molecular weight excluding hydrogens is 245 g/mol. The highest BCUT2D eigenvalue weighted by atomic mass is 19.4. The Labute approximate surface area is 101 Å². The van der Waals surface area contributed by atoms with E-state index in [1.165, 1.54) is 29.2 Å². The van der Waals surface area contributed by atoms with Crippen LogP contribution in [-0.2, 0) is 13.2 Å². The summed E-state index contributed by atoms with van der Waals surface area (Å²) in [6.07, 6.45) is -1.81. The number of imidazole rings is 1. The van der Waals surface area contributed by atoms with E-state index in [1.54, 1.807) is 7.05 Å². The summed E-state index contributed by atoms with van der Waals surface area (Å²) in [5, 5.41) is 0. The predicted molar refractivity (Wildman–Crippen MR) is 58.1 cm³/mol. The molecule has 0 amide bonds. The average molecular weight is 254 g/mol. The van der Waals surface area contributed by atoms with Crippen molar-refractivity contribution in [1.29, 1.82) is 0 Å². The van der Waals surface area contributed by atoms with Crippen LogP contribution in [0.25, 0.3) is 0 Å². The van der Waals surface area contributed by atoms with Gasteiger partial charge < -0.3 is 4.57 Å². The Kier molecular flexibility index (Phi) is 2.94. The average Bonchev–Trinajstić information content (AvgIpc) is 2.74. The molecule has 3 nitrogen and oxygen atoms in total. The second-order valence-corrected chi connectivity index (χ2v) is 3.80. The van der Waals surface area contributed by atoms with Crippen LogP contribution in [0, 0.1) is 0 Å². The molecule has 0 spiro atoms. The van der Waals surface area contributed by atoms with Crippen LogP contribution < -0.4 is 0 Å². The lowest BCUT2D eigenvalue weighted by molar-refractivity contribution is -0.137. The summed E-state index contributed by atoms with van der Waals surface area (Å²) >= 11 is 0. The largest absolute Gasteiger partial charge is 0.417 e.